The summed E-state index contributed by atoms with van der Waals surface area (Å²) in [5.41, 5.74) is 1.61. The van der Waals surface area contributed by atoms with Crippen LogP contribution in [0.2, 0.25) is 0 Å². The van der Waals surface area contributed by atoms with Gasteiger partial charge in [-0.3, -0.25) is 20.3 Å². The number of hydrogen-bond acceptors (Lipinski definition) is 5. The van der Waals surface area contributed by atoms with Crippen LogP contribution in [0.25, 0.3) is 0 Å². The molecule has 1 aliphatic heterocycles. The number of hydrogen-bond donors (Lipinski definition) is 5. The molecule has 74 valence electrons. The summed E-state index contributed by atoms with van der Waals surface area (Å²) in [7, 11) is 0. The summed E-state index contributed by atoms with van der Waals surface area (Å²) < 4.78 is 0. The van der Waals surface area contributed by atoms with Crippen molar-refractivity contribution < 1.29 is 9.59 Å². The van der Waals surface area contributed by atoms with Crippen LogP contribution in [0.3, 0.4) is 0 Å². The third-order valence-corrected chi connectivity index (χ3v) is 1.99. The molecule has 0 aliphatic carbocycles. The second-order valence-electron chi connectivity index (χ2n) is 2.81. The summed E-state index contributed by atoms with van der Waals surface area (Å²) in [6.45, 7) is 0. The van der Waals surface area contributed by atoms with Crippen LogP contribution < -0.4 is 21.9 Å². The van der Waals surface area contributed by atoms with Crippen molar-refractivity contribution in [1.29, 1.82) is 0 Å². The van der Waals surface area contributed by atoms with Crippen molar-refractivity contribution in [3.05, 3.63) is 0 Å². The Bertz CT molecular complexity index is 223. The summed E-state index contributed by atoms with van der Waals surface area (Å²) in [6.07, 6.45) is 0.450. The van der Waals surface area contributed by atoms with Gasteiger partial charge in [-0.15, -0.1) is 12.6 Å². The van der Waals surface area contributed by atoms with E-state index in [0.717, 1.165) is 0 Å². The van der Waals surface area contributed by atoms with Crippen molar-refractivity contribution in [3.8, 4) is 0 Å². The smallest absolute Gasteiger partial charge is 0.235 e. The Hall–Kier alpha value is -0.790. The molecule has 1 saturated heterocycles. The van der Waals surface area contributed by atoms with Gasteiger partial charge in [-0.2, -0.15) is 0 Å². The van der Waals surface area contributed by atoms with Crippen LogP contribution in [-0.2, 0) is 9.59 Å². The van der Waals surface area contributed by atoms with Gasteiger partial charge in [-0.05, 0) is 0 Å². The minimum atomic E-state index is -0.392. The second kappa shape index (κ2) is 4.45. The minimum absolute atomic E-state index is 0.117. The Balaban J connectivity index is 2.41. The molecule has 0 saturated carbocycles. The van der Waals surface area contributed by atoms with Crippen LogP contribution in [0.5, 0.6) is 0 Å². The van der Waals surface area contributed by atoms with Gasteiger partial charge in [-0.25, -0.2) is 5.84 Å². The summed E-state index contributed by atoms with van der Waals surface area (Å²) in [5, 5.41) is 5.48. The maximum atomic E-state index is 11.0. The van der Waals surface area contributed by atoms with Crippen LogP contribution in [0.4, 0.5) is 0 Å². The maximum Gasteiger partial charge on any atom is 0.235 e. The number of hydrazine groups is 1. The fourth-order valence-electron chi connectivity index (χ4n) is 1.17. The number of carbonyl (C=O) groups is 2. The molecule has 1 aliphatic rings. The van der Waals surface area contributed by atoms with Crippen LogP contribution in [-0.4, -0.2) is 23.4 Å². The van der Waals surface area contributed by atoms with Gasteiger partial charge in [0.1, 0.15) is 5.50 Å². The van der Waals surface area contributed by atoms with Crippen molar-refractivity contribution in [2.24, 2.45) is 5.84 Å². The third-order valence-electron chi connectivity index (χ3n) is 1.72. The lowest BCUT2D eigenvalue weighted by Crippen LogP contribution is -2.54. The molecule has 0 aromatic heterocycles. The number of amides is 2. The fraction of sp³-hybridized carbons (Fsp3) is 0.667. The lowest BCUT2D eigenvalue weighted by atomic mass is 10.1. The molecule has 0 bridgehead atoms. The van der Waals surface area contributed by atoms with Crippen LogP contribution in [0.15, 0.2) is 0 Å². The quantitative estimate of drug-likeness (QED) is 0.156. The Morgan fingerprint density at radius 1 is 1.77 bits per heavy atom. The van der Waals surface area contributed by atoms with E-state index in [1.54, 1.807) is 0 Å². The molecule has 6 nitrogen and oxygen atoms in total. The zero-order valence-corrected chi connectivity index (χ0v) is 7.80. The number of rotatable bonds is 2. The second-order valence-corrected chi connectivity index (χ2v) is 3.33. The lowest BCUT2D eigenvalue weighted by molar-refractivity contribution is -0.125. The Morgan fingerprint density at radius 3 is 3.00 bits per heavy atom. The van der Waals surface area contributed by atoms with Gasteiger partial charge in [0.05, 0.1) is 0 Å². The van der Waals surface area contributed by atoms with E-state index >= 15 is 0 Å². The number of nitrogens with one attached hydrogen (secondary N) is 3. The van der Waals surface area contributed by atoms with E-state index in [4.69, 9.17) is 5.84 Å². The Morgan fingerprint density at radius 2 is 2.46 bits per heavy atom. The molecule has 1 heterocycles. The highest BCUT2D eigenvalue weighted by atomic mass is 32.1. The predicted molar refractivity (Wildman–Crippen MR) is 49.4 cm³/mol. The van der Waals surface area contributed by atoms with E-state index in [1.807, 2.05) is 5.43 Å². The highest BCUT2D eigenvalue weighted by Gasteiger charge is 2.24. The first-order valence-electron chi connectivity index (χ1n) is 3.84. The molecule has 0 spiro atoms. The van der Waals surface area contributed by atoms with Crippen molar-refractivity contribution in [2.45, 2.75) is 24.4 Å². The van der Waals surface area contributed by atoms with E-state index in [1.165, 1.54) is 0 Å². The molecule has 5 N–H and O–H groups in total. The zero-order chi connectivity index (χ0) is 9.84. The van der Waals surface area contributed by atoms with Gasteiger partial charge < -0.3 is 5.32 Å². The number of carbonyl (C=O) groups excluding carboxylic acids is 2. The van der Waals surface area contributed by atoms with Crippen molar-refractivity contribution >= 4 is 24.4 Å². The summed E-state index contributed by atoms with van der Waals surface area (Å²) in [6, 6.07) is -0.195. The topological polar surface area (TPSA) is 96.2 Å². The summed E-state index contributed by atoms with van der Waals surface area (Å²) >= 11 is 4.03. The van der Waals surface area contributed by atoms with Gasteiger partial charge in [0.2, 0.25) is 11.8 Å². The van der Waals surface area contributed by atoms with Crippen molar-refractivity contribution in [3.63, 3.8) is 0 Å². The van der Waals surface area contributed by atoms with E-state index in [9.17, 15) is 9.59 Å². The predicted octanol–water partition coefficient (Wildman–Crippen LogP) is -1.94. The van der Waals surface area contributed by atoms with Gasteiger partial charge in [-0.1, -0.05) is 0 Å². The Labute approximate surface area is 81.0 Å². The highest BCUT2D eigenvalue weighted by molar-refractivity contribution is 7.80. The van der Waals surface area contributed by atoms with E-state index < -0.39 is 5.50 Å². The standard InChI is InChI=1S/C6H12N4O2S/c7-10-5(12)2-3-1-4(11)9-6(13)8-3/h3,6,8,13H,1-2,7H2,(H,9,11)(H,10,12). The first kappa shape index (κ1) is 10.3. The first-order chi connectivity index (χ1) is 6.11. The molecular weight excluding hydrogens is 192 g/mol. The van der Waals surface area contributed by atoms with Crippen molar-refractivity contribution in [2.75, 3.05) is 0 Å². The van der Waals surface area contributed by atoms with Crippen molar-refractivity contribution in [1.82, 2.24) is 16.1 Å². The summed E-state index contributed by atoms with van der Waals surface area (Å²) in [5.74, 6) is 4.50. The summed E-state index contributed by atoms with van der Waals surface area (Å²) in [4.78, 5) is 21.9. The fourth-order valence-corrected chi connectivity index (χ4v) is 1.53. The molecule has 2 unspecified atom stereocenters. The van der Waals surface area contributed by atoms with E-state index in [2.05, 4.69) is 23.3 Å². The van der Waals surface area contributed by atoms with Gasteiger partial charge in [0.25, 0.3) is 0 Å². The largest absolute Gasteiger partial charge is 0.332 e. The molecule has 7 heteroatoms. The Kier molecular flexibility index (Phi) is 3.52. The molecule has 13 heavy (non-hydrogen) atoms. The average molecular weight is 204 g/mol. The molecule has 0 aromatic rings. The van der Waals surface area contributed by atoms with Gasteiger partial charge in [0.15, 0.2) is 0 Å². The van der Waals surface area contributed by atoms with E-state index in [0.29, 0.717) is 0 Å². The molecule has 2 amide bonds. The SMILES string of the molecule is NNC(=O)CC1CC(=O)NC(S)N1. The zero-order valence-electron chi connectivity index (χ0n) is 6.91. The van der Waals surface area contributed by atoms with Crippen LogP contribution in [0, 0.1) is 0 Å². The highest BCUT2D eigenvalue weighted by Crippen LogP contribution is 2.06. The normalized spacial score (nSPS) is 28.0. The molecule has 1 fully saturated rings. The third kappa shape index (κ3) is 3.21. The monoisotopic (exact) mass is 204 g/mol. The number of thiol groups is 1. The van der Waals surface area contributed by atoms with Crippen LogP contribution >= 0.6 is 12.6 Å². The minimum Gasteiger partial charge on any atom is -0.332 e. The molecule has 0 aromatic carbocycles. The lowest BCUT2D eigenvalue weighted by Gasteiger charge is -2.27. The van der Waals surface area contributed by atoms with Gasteiger partial charge >= 0.3 is 0 Å². The average Bonchev–Trinajstić information content (AvgIpc) is 2.02. The molecule has 1 rings (SSSR count). The van der Waals surface area contributed by atoms with E-state index in [-0.39, 0.29) is 30.7 Å². The van der Waals surface area contributed by atoms with Gasteiger partial charge in [0, 0.05) is 18.9 Å². The molecular formula is C6H12N4O2S. The van der Waals surface area contributed by atoms with Crippen LogP contribution in [0.1, 0.15) is 12.8 Å². The number of nitrogens with two attached hydrogens (primary N) is 1. The maximum absolute atomic E-state index is 11.0. The first-order valence-corrected chi connectivity index (χ1v) is 4.36. The molecule has 0 radical (unpaired) electrons. The molecule has 2 atom stereocenters.